The smallest absolute Gasteiger partial charge is 0.212 e. The van der Waals surface area contributed by atoms with E-state index >= 15 is 0 Å². The van der Waals surface area contributed by atoms with Crippen LogP contribution in [0.15, 0.2) is 18.3 Å². The fourth-order valence-corrected chi connectivity index (χ4v) is 0.691. The van der Waals surface area contributed by atoms with Crippen LogP contribution in [0.4, 0.5) is 5.82 Å². The summed E-state index contributed by atoms with van der Waals surface area (Å²) in [4.78, 5) is 13.9. The molecule has 0 spiro atoms. The van der Waals surface area contributed by atoms with Gasteiger partial charge in [0.15, 0.2) is 0 Å². The number of nitrogens with one attached hydrogen (secondary N) is 1. The van der Waals surface area contributed by atoms with Crippen molar-refractivity contribution in [2.24, 2.45) is 5.73 Å². The van der Waals surface area contributed by atoms with Gasteiger partial charge in [-0.25, -0.2) is 4.98 Å². The molecule has 1 amide bonds. The van der Waals surface area contributed by atoms with E-state index in [1.807, 2.05) is 6.07 Å². The van der Waals surface area contributed by atoms with Gasteiger partial charge in [0.2, 0.25) is 6.41 Å². The number of halogens is 2. The quantitative estimate of drug-likeness (QED) is 0.751. The second kappa shape index (κ2) is 7.79. The molecule has 0 radical (unpaired) electrons. The monoisotopic (exact) mass is 223 g/mol. The molecule has 0 aliphatic rings. The van der Waals surface area contributed by atoms with Crippen molar-refractivity contribution in [1.82, 2.24) is 4.98 Å². The zero-order valence-corrected chi connectivity index (χ0v) is 8.40. The topological polar surface area (TPSA) is 68.0 Å². The van der Waals surface area contributed by atoms with Crippen molar-refractivity contribution < 1.29 is 4.79 Å². The zero-order valence-electron chi connectivity index (χ0n) is 6.77. The van der Waals surface area contributed by atoms with Crippen molar-refractivity contribution in [3.05, 3.63) is 23.9 Å². The number of amides is 1. The number of aromatic nitrogens is 1. The van der Waals surface area contributed by atoms with Crippen LogP contribution in [0.3, 0.4) is 0 Å². The molecule has 1 aromatic heterocycles. The summed E-state index contributed by atoms with van der Waals surface area (Å²) >= 11 is 0. The van der Waals surface area contributed by atoms with Gasteiger partial charge >= 0.3 is 0 Å². The molecule has 0 aliphatic carbocycles. The standard InChI is InChI=1S/C7H9N3O.2ClH/c8-3-6-1-2-7(9-4-6)10-5-11;;/h1-2,4-5H,3,8H2,(H,9,10,11);2*1H. The number of rotatable bonds is 3. The second-order valence-corrected chi connectivity index (χ2v) is 2.02. The third-order valence-corrected chi connectivity index (χ3v) is 1.27. The molecule has 1 rings (SSSR count). The van der Waals surface area contributed by atoms with E-state index in [0.717, 1.165) is 5.56 Å². The van der Waals surface area contributed by atoms with E-state index < -0.39 is 0 Å². The summed E-state index contributed by atoms with van der Waals surface area (Å²) in [6.45, 7) is 0.467. The first-order chi connectivity index (χ1) is 5.36. The van der Waals surface area contributed by atoms with Gasteiger partial charge in [-0.2, -0.15) is 0 Å². The van der Waals surface area contributed by atoms with E-state index in [1.54, 1.807) is 12.3 Å². The molecule has 0 aliphatic heterocycles. The molecule has 0 fully saturated rings. The molecule has 13 heavy (non-hydrogen) atoms. The number of hydrogen-bond donors (Lipinski definition) is 2. The number of nitrogens with two attached hydrogens (primary N) is 1. The summed E-state index contributed by atoms with van der Waals surface area (Å²) < 4.78 is 0. The molecule has 0 unspecified atom stereocenters. The van der Waals surface area contributed by atoms with Crippen LogP contribution in [0.2, 0.25) is 0 Å². The average molecular weight is 224 g/mol. The number of hydrogen-bond acceptors (Lipinski definition) is 3. The van der Waals surface area contributed by atoms with E-state index in [9.17, 15) is 4.79 Å². The Balaban J connectivity index is 0. The van der Waals surface area contributed by atoms with Crippen LogP contribution in [-0.4, -0.2) is 11.4 Å². The highest BCUT2D eigenvalue weighted by atomic mass is 35.5. The zero-order chi connectivity index (χ0) is 8.10. The lowest BCUT2D eigenvalue weighted by molar-refractivity contribution is -0.105. The van der Waals surface area contributed by atoms with Crippen molar-refractivity contribution in [1.29, 1.82) is 0 Å². The van der Waals surface area contributed by atoms with Crippen LogP contribution in [0.1, 0.15) is 5.56 Å². The summed E-state index contributed by atoms with van der Waals surface area (Å²) in [5.41, 5.74) is 6.29. The van der Waals surface area contributed by atoms with Crippen LogP contribution < -0.4 is 11.1 Å². The van der Waals surface area contributed by atoms with Gasteiger partial charge in [-0.1, -0.05) is 6.07 Å². The molecule has 4 nitrogen and oxygen atoms in total. The SMILES string of the molecule is Cl.Cl.NCc1ccc(NC=O)nc1. The minimum absolute atomic E-state index is 0. The first-order valence-corrected chi connectivity index (χ1v) is 3.22. The fourth-order valence-electron chi connectivity index (χ4n) is 0.691. The maximum atomic E-state index is 9.95. The molecule has 0 aromatic carbocycles. The first kappa shape index (κ1) is 14.7. The van der Waals surface area contributed by atoms with Crippen LogP contribution in [0, 0.1) is 0 Å². The van der Waals surface area contributed by atoms with E-state index in [2.05, 4.69) is 10.3 Å². The molecular weight excluding hydrogens is 213 g/mol. The van der Waals surface area contributed by atoms with Crippen LogP contribution >= 0.6 is 24.8 Å². The van der Waals surface area contributed by atoms with Crippen molar-refractivity contribution in [3.8, 4) is 0 Å². The Morgan fingerprint density at radius 1 is 1.46 bits per heavy atom. The molecule has 1 aromatic rings. The molecular formula is C7H11Cl2N3O. The predicted octanol–water partition coefficient (Wildman–Crippen LogP) is 0.952. The summed E-state index contributed by atoms with van der Waals surface area (Å²) in [5.74, 6) is 0.539. The average Bonchev–Trinajstić information content (AvgIpc) is 2.07. The molecule has 74 valence electrons. The number of anilines is 1. The molecule has 0 saturated heterocycles. The lowest BCUT2D eigenvalue weighted by Gasteiger charge is -1.97. The van der Waals surface area contributed by atoms with Crippen molar-refractivity contribution in [2.45, 2.75) is 6.54 Å². The highest BCUT2D eigenvalue weighted by Crippen LogP contribution is 2.02. The Labute approximate surface area is 88.7 Å². The Kier molecular flexibility index (Phi) is 8.79. The minimum Gasteiger partial charge on any atom is -0.326 e. The third-order valence-electron chi connectivity index (χ3n) is 1.27. The molecule has 0 saturated carbocycles. The lowest BCUT2D eigenvalue weighted by Crippen LogP contribution is -2.00. The normalized spacial score (nSPS) is 7.77. The maximum absolute atomic E-state index is 9.95. The molecule has 6 heteroatoms. The minimum atomic E-state index is 0. The lowest BCUT2D eigenvalue weighted by atomic mass is 10.3. The fraction of sp³-hybridized carbons (Fsp3) is 0.143. The first-order valence-electron chi connectivity index (χ1n) is 3.22. The largest absolute Gasteiger partial charge is 0.326 e. The Morgan fingerprint density at radius 3 is 2.54 bits per heavy atom. The third kappa shape index (κ3) is 4.67. The van der Waals surface area contributed by atoms with Crippen molar-refractivity contribution in [2.75, 3.05) is 5.32 Å². The summed E-state index contributed by atoms with van der Waals surface area (Å²) in [5, 5.41) is 2.43. The number of pyridine rings is 1. The van der Waals surface area contributed by atoms with Crippen LogP contribution in [-0.2, 0) is 11.3 Å². The van der Waals surface area contributed by atoms with Gasteiger partial charge in [0.25, 0.3) is 0 Å². The Morgan fingerprint density at radius 2 is 2.15 bits per heavy atom. The van der Waals surface area contributed by atoms with E-state index in [-0.39, 0.29) is 24.8 Å². The van der Waals surface area contributed by atoms with Crippen LogP contribution in [0.25, 0.3) is 0 Å². The van der Waals surface area contributed by atoms with E-state index in [1.165, 1.54) is 0 Å². The second-order valence-electron chi connectivity index (χ2n) is 2.02. The van der Waals surface area contributed by atoms with Crippen LogP contribution in [0.5, 0.6) is 0 Å². The Hall–Kier alpha value is -0.840. The highest BCUT2D eigenvalue weighted by Gasteiger charge is 1.91. The Bertz CT molecular complexity index is 240. The number of carbonyl (C=O) groups excluding carboxylic acids is 1. The van der Waals surface area contributed by atoms with E-state index in [4.69, 9.17) is 5.73 Å². The number of nitrogens with zero attached hydrogens (tertiary/aromatic N) is 1. The highest BCUT2D eigenvalue weighted by molar-refractivity contribution is 5.85. The molecule has 3 N–H and O–H groups in total. The molecule has 1 heterocycles. The van der Waals surface area contributed by atoms with Gasteiger partial charge in [0, 0.05) is 12.7 Å². The summed E-state index contributed by atoms with van der Waals surface area (Å²) in [6, 6.07) is 3.52. The summed E-state index contributed by atoms with van der Waals surface area (Å²) in [6.07, 6.45) is 2.22. The van der Waals surface area contributed by atoms with Gasteiger partial charge in [0.05, 0.1) is 0 Å². The van der Waals surface area contributed by atoms with Crippen molar-refractivity contribution in [3.63, 3.8) is 0 Å². The van der Waals surface area contributed by atoms with E-state index in [0.29, 0.717) is 18.8 Å². The maximum Gasteiger partial charge on any atom is 0.212 e. The molecule has 0 bridgehead atoms. The predicted molar refractivity (Wildman–Crippen MR) is 56.3 cm³/mol. The van der Waals surface area contributed by atoms with Gasteiger partial charge in [-0.05, 0) is 11.6 Å². The van der Waals surface area contributed by atoms with Gasteiger partial charge in [-0.15, -0.1) is 24.8 Å². The van der Waals surface area contributed by atoms with Gasteiger partial charge in [0.1, 0.15) is 5.82 Å². The van der Waals surface area contributed by atoms with Gasteiger partial charge < -0.3 is 11.1 Å². The number of carbonyl (C=O) groups is 1. The van der Waals surface area contributed by atoms with Crippen molar-refractivity contribution >= 4 is 37.0 Å². The summed E-state index contributed by atoms with van der Waals surface area (Å²) in [7, 11) is 0. The van der Waals surface area contributed by atoms with Gasteiger partial charge in [-0.3, -0.25) is 4.79 Å². The molecule has 0 atom stereocenters.